The molecule has 0 amide bonds. The van der Waals surface area contributed by atoms with E-state index in [0.717, 1.165) is 37.3 Å². The predicted octanol–water partition coefficient (Wildman–Crippen LogP) is 3.10. The summed E-state index contributed by atoms with van der Waals surface area (Å²) in [7, 11) is 3.67. The monoisotopic (exact) mass is 287 g/mol. The summed E-state index contributed by atoms with van der Waals surface area (Å²) in [6.45, 7) is 3.07. The summed E-state index contributed by atoms with van der Waals surface area (Å²) >= 11 is 0. The molecule has 1 unspecified atom stereocenters. The van der Waals surface area contributed by atoms with E-state index in [4.69, 9.17) is 4.74 Å². The minimum atomic E-state index is 0.279. The van der Waals surface area contributed by atoms with Crippen LogP contribution in [0.5, 0.6) is 5.75 Å². The molecule has 0 bridgehead atoms. The van der Waals surface area contributed by atoms with E-state index in [-0.39, 0.29) is 6.04 Å². The smallest absolute Gasteiger partial charge is 0.161 e. The van der Waals surface area contributed by atoms with Gasteiger partial charge < -0.3 is 10.1 Å². The summed E-state index contributed by atoms with van der Waals surface area (Å²) < 4.78 is 7.35. The Hall–Kier alpha value is -1.81. The number of hydrogen-bond acceptors (Lipinski definition) is 3. The Morgan fingerprint density at radius 3 is 2.71 bits per heavy atom. The van der Waals surface area contributed by atoms with E-state index in [9.17, 15) is 0 Å². The number of methoxy groups -OCH3 is 1. The molecule has 4 nitrogen and oxygen atoms in total. The number of benzene rings is 1. The molecule has 0 fully saturated rings. The molecule has 0 saturated heterocycles. The van der Waals surface area contributed by atoms with Crippen LogP contribution in [0.1, 0.15) is 37.1 Å². The molecule has 0 aliphatic rings. The van der Waals surface area contributed by atoms with Gasteiger partial charge in [0.2, 0.25) is 0 Å². The molecule has 1 atom stereocenters. The van der Waals surface area contributed by atoms with Crippen molar-refractivity contribution in [2.24, 2.45) is 7.05 Å². The number of aryl methyl sites for hydroxylation is 2. The van der Waals surface area contributed by atoms with Crippen LogP contribution in [0.3, 0.4) is 0 Å². The number of rotatable bonds is 8. The highest BCUT2D eigenvalue weighted by molar-refractivity contribution is 5.28. The SMILES string of the molecule is CCNC(CCCc1ccccc1)c1c(OC)cnn1C. The summed E-state index contributed by atoms with van der Waals surface area (Å²) in [5, 5.41) is 7.85. The third-order valence-electron chi connectivity index (χ3n) is 3.75. The maximum atomic E-state index is 5.43. The van der Waals surface area contributed by atoms with Crippen molar-refractivity contribution in [2.45, 2.75) is 32.2 Å². The van der Waals surface area contributed by atoms with Gasteiger partial charge in [0, 0.05) is 7.05 Å². The number of nitrogens with zero attached hydrogens (tertiary/aromatic N) is 2. The first-order valence-corrected chi connectivity index (χ1v) is 7.59. The highest BCUT2D eigenvalue weighted by Crippen LogP contribution is 2.27. The van der Waals surface area contributed by atoms with Gasteiger partial charge in [-0.3, -0.25) is 4.68 Å². The zero-order valence-electron chi connectivity index (χ0n) is 13.2. The van der Waals surface area contributed by atoms with Crippen LogP contribution in [-0.2, 0) is 13.5 Å². The summed E-state index contributed by atoms with van der Waals surface area (Å²) in [5.41, 5.74) is 2.53. The topological polar surface area (TPSA) is 39.1 Å². The van der Waals surface area contributed by atoms with Crippen molar-refractivity contribution in [3.63, 3.8) is 0 Å². The van der Waals surface area contributed by atoms with Crippen LogP contribution in [0.4, 0.5) is 0 Å². The van der Waals surface area contributed by atoms with E-state index in [2.05, 4.69) is 47.7 Å². The van der Waals surface area contributed by atoms with Crippen LogP contribution >= 0.6 is 0 Å². The van der Waals surface area contributed by atoms with Gasteiger partial charge in [0.15, 0.2) is 5.75 Å². The molecule has 0 spiro atoms. The van der Waals surface area contributed by atoms with E-state index in [1.807, 2.05) is 11.7 Å². The van der Waals surface area contributed by atoms with Gasteiger partial charge in [-0.15, -0.1) is 0 Å². The third kappa shape index (κ3) is 4.08. The van der Waals surface area contributed by atoms with E-state index in [0.29, 0.717) is 0 Å². The molecule has 1 aromatic carbocycles. The van der Waals surface area contributed by atoms with Gasteiger partial charge >= 0.3 is 0 Å². The Morgan fingerprint density at radius 2 is 2.05 bits per heavy atom. The van der Waals surface area contributed by atoms with E-state index >= 15 is 0 Å². The van der Waals surface area contributed by atoms with E-state index in [1.54, 1.807) is 13.3 Å². The number of ether oxygens (including phenoxy) is 1. The summed E-state index contributed by atoms with van der Waals surface area (Å²) in [4.78, 5) is 0. The van der Waals surface area contributed by atoms with Crippen LogP contribution in [0.15, 0.2) is 36.5 Å². The lowest BCUT2D eigenvalue weighted by Gasteiger charge is -2.19. The van der Waals surface area contributed by atoms with Gasteiger partial charge in [-0.05, 0) is 31.4 Å². The van der Waals surface area contributed by atoms with Gasteiger partial charge in [-0.2, -0.15) is 5.10 Å². The van der Waals surface area contributed by atoms with Crippen molar-refractivity contribution in [3.8, 4) is 5.75 Å². The average molecular weight is 287 g/mol. The second-order valence-corrected chi connectivity index (χ2v) is 5.21. The molecule has 2 rings (SSSR count). The lowest BCUT2D eigenvalue weighted by Crippen LogP contribution is -2.24. The van der Waals surface area contributed by atoms with Crippen molar-refractivity contribution in [3.05, 3.63) is 47.8 Å². The molecular weight excluding hydrogens is 262 g/mol. The first-order chi connectivity index (χ1) is 10.3. The number of aromatic nitrogens is 2. The van der Waals surface area contributed by atoms with Crippen molar-refractivity contribution < 1.29 is 4.74 Å². The first-order valence-electron chi connectivity index (χ1n) is 7.59. The van der Waals surface area contributed by atoms with E-state index in [1.165, 1.54) is 5.56 Å². The largest absolute Gasteiger partial charge is 0.493 e. The van der Waals surface area contributed by atoms with E-state index < -0.39 is 0 Å². The lowest BCUT2D eigenvalue weighted by atomic mass is 10.0. The maximum absolute atomic E-state index is 5.43. The molecule has 114 valence electrons. The highest BCUT2D eigenvalue weighted by Gasteiger charge is 2.19. The number of hydrogen-bond donors (Lipinski definition) is 1. The highest BCUT2D eigenvalue weighted by atomic mass is 16.5. The van der Waals surface area contributed by atoms with Crippen LogP contribution in [0.2, 0.25) is 0 Å². The molecular formula is C17H25N3O. The fourth-order valence-electron chi connectivity index (χ4n) is 2.72. The van der Waals surface area contributed by atoms with Gasteiger partial charge in [0.05, 0.1) is 25.0 Å². The van der Waals surface area contributed by atoms with Gasteiger partial charge in [-0.25, -0.2) is 0 Å². The zero-order chi connectivity index (χ0) is 15.1. The molecule has 1 heterocycles. The zero-order valence-corrected chi connectivity index (χ0v) is 13.2. The molecule has 1 aromatic heterocycles. The quantitative estimate of drug-likeness (QED) is 0.811. The molecule has 2 aromatic rings. The van der Waals surface area contributed by atoms with Gasteiger partial charge in [0.25, 0.3) is 0 Å². The first kappa shape index (κ1) is 15.6. The molecule has 0 aliphatic heterocycles. The van der Waals surface area contributed by atoms with Crippen LogP contribution in [0.25, 0.3) is 0 Å². The molecule has 0 aliphatic carbocycles. The van der Waals surface area contributed by atoms with Crippen LogP contribution < -0.4 is 10.1 Å². The summed E-state index contributed by atoms with van der Waals surface area (Å²) in [5.74, 6) is 0.864. The normalized spacial score (nSPS) is 12.3. The van der Waals surface area contributed by atoms with Crippen molar-refractivity contribution in [1.29, 1.82) is 0 Å². The van der Waals surface area contributed by atoms with Gasteiger partial charge in [-0.1, -0.05) is 37.3 Å². The third-order valence-corrected chi connectivity index (χ3v) is 3.75. The average Bonchev–Trinajstić information content (AvgIpc) is 2.88. The molecule has 0 radical (unpaired) electrons. The number of nitrogens with one attached hydrogen (secondary N) is 1. The molecule has 4 heteroatoms. The van der Waals surface area contributed by atoms with Crippen LogP contribution in [0, 0.1) is 0 Å². The second-order valence-electron chi connectivity index (χ2n) is 5.21. The minimum absolute atomic E-state index is 0.279. The summed E-state index contributed by atoms with van der Waals surface area (Å²) in [6.07, 6.45) is 5.09. The molecule has 0 saturated carbocycles. The fraction of sp³-hybridized carbons (Fsp3) is 0.471. The van der Waals surface area contributed by atoms with Crippen molar-refractivity contribution in [2.75, 3.05) is 13.7 Å². The molecule has 21 heavy (non-hydrogen) atoms. The Labute approximate surface area is 127 Å². The van der Waals surface area contributed by atoms with Crippen molar-refractivity contribution in [1.82, 2.24) is 15.1 Å². The fourth-order valence-corrected chi connectivity index (χ4v) is 2.72. The Balaban J connectivity index is 2.00. The summed E-state index contributed by atoms with van der Waals surface area (Å²) in [6, 6.07) is 10.9. The standard InChI is InChI=1S/C17H25N3O/c1-4-18-15(17-16(21-3)13-19-20(17)2)12-8-11-14-9-6-5-7-10-14/h5-7,9-10,13,15,18H,4,8,11-12H2,1-3H3. The maximum Gasteiger partial charge on any atom is 0.161 e. The molecule has 1 N–H and O–H groups in total. The van der Waals surface area contributed by atoms with Crippen molar-refractivity contribution >= 4 is 0 Å². The second kappa shape index (κ2) is 7.84. The lowest BCUT2D eigenvalue weighted by molar-refractivity contribution is 0.387. The minimum Gasteiger partial charge on any atom is -0.493 e. The Kier molecular flexibility index (Phi) is 5.81. The Bertz CT molecular complexity index is 536. The predicted molar refractivity (Wildman–Crippen MR) is 85.6 cm³/mol. The van der Waals surface area contributed by atoms with Gasteiger partial charge in [0.1, 0.15) is 0 Å². The van der Waals surface area contributed by atoms with Crippen LogP contribution in [-0.4, -0.2) is 23.4 Å². The Morgan fingerprint density at radius 1 is 1.29 bits per heavy atom.